The maximum Gasteiger partial charge on any atom is 0.405 e. The molecule has 0 saturated heterocycles. The van der Waals surface area contributed by atoms with Crippen molar-refractivity contribution in [3.63, 3.8) is 0 Å². The van der Waals surface area contributed by atoms with Crippen molar-refractivity contribution in [2.45, 2.75) is 70.7 Å². The first-order chi connectivity index (χ1) is 19.8. The van der Waals surface area contributed by atoms with Crippen molar-refractivity contribution in [2.75, 3.05) is 19.8 Å². The van der Waals surface area contributed by atoms with Crippen molar-refractivity contribution < 1.29 is 37.3 Å². The summed E-state index contributed by atoms with van der Waals surface area (Å²) < 4.78 is 48.6. The summed E-state index contributed by atoms with van der Waals surface area (Å²) in [6.07, 6.45) is 2.73. The molecule has 0 bridgehead atoms. The second kappa shape index (κ2) is 14.7. The number of nitrogens with zero attached hydrogens (tertiary/aromatic N) is 2. The van der Waals surface area contributed by atoms with Gasteiger partial charge in [-0.15, -0.1) is 0 Å². The Morgan fingerprint density at radius 2 is 1.98 bits per heavy atom. The van der Waals surface area contributed by atoms with Crippen LogP contribution >= 0.6 is 11.6 Å². The molecule has 42 heavy (non-hydrogen) atoms. The quantitative estimate of drug-likeness (QED) is 0.248. The molecule has 1 aromatic heterocycles. The molecule has 1 saturated carbocycles. The third-order valence-electron chi connectivity index (χ3n) is 6.74. The van der Waals surface area contributed by atoms with Crippen LogP contribution < -0.4 is 20.1 Å². The molecule has 1 fully saturated rings. The van der Waals surface area contributed by atoms with E-state index in [9.17, 15) is 22.8 Å². The highest BCUT2D eigenvalue weighted by Crippen LogP contribution is 2.35. The van der Waals surface area contributed by atoms with Gasteiger partial charge < -0.3 is 25.2 Å². The average Bonchev–Trinajstić information content (AvgIpc) is 2.89. The summed E-state index contributed by atoms with van der Waals surface area (Å²) in [6, 6.07) is 5.80. The van der Waals surface area contributed by atoms with Crippen LogP contribution in [0.25, 0.3) is 0 Å². The topological polar surface area (TPSA) is 122 Å². The standard InChI is InChI=1S/C29H36ClF3N4O5/c1-18-13-22(30)24(15-23(18)41-12-11-38)42-28(2,3)27(40)37-21(14-19-5-4-6-19)9-10-34-25-8-7-20(16-35-25)26(39)36-17-29(31,32)33/h7-8,10,13,15-16,19,21,38H,4-6,9,11-12,14,17H2,1-3H3,(H,36,39)(H,37,40). The number of aromatic nitrogens is 1. The van der Waals surface area contributed by atoms with Crippen molar-refractivity contribution in [1.82, 2.24) is 15.6 Å². The van der Waals surface area contributed by atoms with Crippen LogP contribution in [0.5, 0.6) is 11.5 Å². The molecule has 0 radical (unpaired) electrons. The minimum atomic E-state index is -4.51. The Hall–Kier alpha value is -3.38. The highest BCUT2D eigenvalue weighted by molar-refractivity contribution is 6.32. The first-order valence-electron chi connectivity index (χ1n) is 13.6. The number of hydrogen-bond donors (Lipinski definition) is 3. The number of benzene rings is 1. The zero-order valence-electron chi connectivity index (χ0n) is 23.8. The van der Waals surface area contributed by atoms with Gasteiger partial charge in [0.15, 0.2) is 11.4 Å². The van der Waals surface area contributed by atoms with Crippen molar-refractivity contribution >= 4 is 35.4 Å². The fourth-order valence-electron chi connectivity index (χ4n) is 4.20. The fraction of sp³-hybridized carbons (Fsp3) is 0.517. The summed E-state index contributed by atoms with van der Waals surface area (Å²) in [5.74, 6) is 0.286. The molecule has 0 aliphatic heterocycles. The highest BCUT2D eigenvalue weighted by Gasteiger charge is 2.33. The lowest BCUT2D eigenvalue weighted by atomic mass is 9.80. The number of rotatable bonds is 14. The van der Waals surface area contributed by atoms with Gasteiger partial charge >= 0.3 is 6.18 Å². The predicted molar refractivity (Wildman–Crippen MR) is 153 cm³/mol. The van der Waals surface area contributed by atoms with E-state index in [4.69, 9.17) is 26.2 Å². The van der Waals surface area contributed by atoms with Crippen LogP contribution in [0.1, 0.15) is 61.9 Å². The smallest absolute Gasteiger partial charge is 0.405 e. The second-order valence-corrected chi connectivity index (χ2v) is 11.1. The number of ether oxygens (including phenoxy) is 2. The minimum absolute atomic E-state index is 0.0173. The maximum atomic E-state index is 13.3. The van der Waals surface area contributed by atoms with E-state index in [1.165, 1.54) is 12.1 Å². The lowest BCUT2D eigenvalue weighted by Gasteiger charge is -2.32. The van der Waals surface area contributed by atoms with Crippen molar-refractivity contribution in [1.29, 1.82) is 0 Å². The van der Waals surface area contributed by atoms with Gasteiger partial charge in [0.1, 0.15) is 24.7 Å². The number of aliphatic hydroxyl groups excluding tert-OH is 1. The van der Waals surface area contributed by atoms with Gasteiger partial charge in [0.25, 0.3) is 11.8 Å². The van der Waals surface area contributed by atoms with Crippen molar-refractivity contribution in [2.24, 2.45) is 10.9 Å². The van der Waals surface area contributed by atoms with E-state index in [1.807, 2.05) is 6.92 Å². The van der Waals surface area contributed by atoms with Gasteiger partial charge in [-0.2, -0.15) is 13.2 Å². The zero-order chi connectivity index (χ0) is 30.9. The number of halogens is 4. The lowest BCUT2D eigenvalue weighted by Crippen LogP contribution is -2.50. The summed E-state index contributed by atoms with van der Waals surface area (Å²) in [5.41, 5.74) is -0.542. The molecule has 2 amide bonds. The summed E-state index contributed by atoms with van der Waals surface area (Å²) in [4.78, 5) is 33.5. The van der Waals surface area contributed by atoms with E-state index in [1.54, 1.807) is 37.5 Å². The van der Waals surface area contributed by atoms with Gasteiger partial charge in [-0.3, -0.25) is 9.59 Å². The minimum Gasteiger partial charge on any atom is -0.491 e. The van der Waals surface area contributed by atoms with Gasteiger partial charge in [-0.1, -0.05) is 30.9 Å². The number of pyridine rings is 1. The third-order valence-corrected chi connectivity index (χ3v) is 7.04. The molecular weight excluding hydrogens is 577 g/mol. The van der Waals surface area contributed by atoms with Gasteiger partial charge in [0.2, 0.25) is 0 Å². The van der Waals surface area contributed by atoms with Gasteiger partial charge in [0, 0.05) is 30.9 Å². The van der Waals surface area contributed by atoms with Gasteiger partial charge in [0.05, 0.1) is 17.2 Å². The molecule has 230 valence electrons. The molecule has 9 nitrogen and oxygen atoms in total. The number of aliphatic hydroxyl groups is 1. The Morgan fingerprint density at radius 3 is 2.57 bits per heavy atom. The Morgan fingerprint density at radius 1 is 1.24 bits per heavy atom. The molecular formula is C29H36ClF3N4O5. The molecule has 13 heteroatoms. The number of carbonyl (C=O) groups excluding carboxylic acids is 2. The summed E-state index contributed by atoms with van der Waals surface area (Å²) in [7, 11) is 0. The monoisotopic (exact) mass is 612 g/mol. The number of nitrogens with one attached hydrogen (secondary N) is 2. The molecule has 3 rings (SSSR count). The Balaban J connectivity index is 1.63. The summed E-state index contributed by atoms with van der Waals surface area (Å²) >= 11 is 6.38. The number of amides is 2. The molecule has 1 aromatic carbocycles. The van der Waals surface area contributed by atoms with Crippen LogP contribution in [0.2, 0.25) is 5.02 Å². The van der Waals surface area contributed by atoms with Crippen LogP contribution in [0, 0.1) is 12.8 Å². The molecule has 1 heterocycles. The predicted octanol–water partition coefficient (Wildman–Crippen LogP) is 5.33. The van der Waals surface area contributed by atoms with Crippen LogP contribution in [-0.2, 0) is 4.79 Å². The van der Waals surface area contributed by atoms with Crippen LogP contribution in [0.15, 0.2) is 35.5 Å². The number of aryl methyl sites for hydroxylation is 1. The molecule has 0 spiro atoms. The second-order valence-electron chi connectivity index (χ2n) is 10.7. The van der Waals surface area contributed by atoms with E-state index in [0.717, 1.165) is 37.4 Å². The number of hydrogen-bond acceptors (Lipinski definition) is 7. The average molecular weight is 613 g/mol. The Bertz CT molecular complexity index is 1250. The van der Waals surface area contributed by atoms with E-state index < -0.39 is 24.2 Å². The largest absolute Gasteiger partial charge is 0.491 e. The van der Waals surface area contributed by atoms with E-state index in [2.05, 4.69) is 15.3 Å². The summed E-state index contributed by atoms with van der Waals surface area (Å²) in [5, 5.41) is 14.2. The van der Waals surface area contributed by atoms with Crippen LogP contribution in [-0.4, -0.2) is 65.7 Å². The normalized spacial score (nSPS) is 14.8. The first kappa shape index (κ1) is 33.1. The van der Waals surface area contributed by atoms with Crippen molar-refractivity contribution in [3.8, 4) is 11.5 Å². The van der Waals surface area contributed by atoms with E-state index in [0.29, 0.717) is 23.1 Å². The fourth-order valence-corrected chi connectivity index (χ4v) is 4.46. The Labute approximate surface area is 247 Å². The lowest BCUT2D eigenvalue weighted by molar-refractivity contribution is -0.135. The molecule has 1 atom stereocenters. The molecule has 3 N–H and O–H groups in total. The first-order valence-corrected chi connectivity index (χ1v) is 14.0. The summed E-state index contributed by atoms with van der Waals surface area (Å²) in [6.45, 7) is 3.61. The third kappa shape index (κ3) is 10.2. The molecule has 1 unspecified atom stereocenters. The molecule has 1 aliphatic carbocycles. The number of carbonyl (C=O) groups is 2. The molecule has 1 aliphatic rings. The van der Waals surface area contributed by atoms with Gasteiger partial charge in [-0.25, -0.2) is 9.98 Å². The number of alkyl halides is 3. The highest BCUT2D eigenvalue weighted by atomic mass is 35.5. The SMILES string of the molecule is Cc1cc(Cl)c(OC(C)(C)C(=O)NC(CC=Nc2ccc(C(=O)NCC(F)(F)F)cn2)CC2CCC2)cc1OCCO. The van der Waals surface area contributed by atoms with Crippen molar-refractivity contribution in [3.05, 3.63) is 46.6 Å². The van der Waals surface area contributed by atoms with E-state index >= 15 is 0 Å². The van der Waals surface area contributed by atoms with E-state index in [-0.39, 0.29) is 42.3 Å². The number of aliphatic imine (C=N–C) groups is 1. The maximum absolute atomic E-state index is 13.3. The zero-order valence-corrected chi connectivity index (χ0v) is 24.5. The van der Waals surface area contributed by atoms with Gasteiger partial charge in [-0.05, 0) is 56.9 Å². The van der Waals surface area contributed by atoms with Crippen LogP contribution in [0.3, 0.4) is 0 Å². The Kier molecular flexibility index (Phi) is 11.6. The molecule has 2 aromatic rings. The van der Waals surface area contributed by atoms with Crippen LogP contribution in [0.4, 0.5) is 19.0 Å².